The number of rotatable bonds is 9. The molecule has 0 bridgehead atoms. The molecule has 26 heteroatoms. The van der Waals surface area contributed by atoms with Gasteiger partial charge in [0.1, 0.15) is 58.6 Å². The minimum Gasteiger partial charge on any atom is -0.451 e. The first-order valence-corrected chi connectivity index (χ1v) is 17.6. The van der Waals surface area contributed by atoms with Crippen molar-refractivity contribution >= 4 is 52.4 Å². The summed E-state index contributed by atoms with van der Waals surface area (Å²) in [5.74, 6) is -71.8. The molecular weight excluding hydrogens is 953 g/mol. The first-order valence-electron chi connectivity index (χ1n) is 17.0. The van der Waals surface area contributed by atoms with Gasteiger partial charge in [-0.15, -0.1) is 34.5 Å². The molecule has 0 saturated carbocycles. The molecule has 0 N–H and O–H groups in total. The highest BCUT2D eigenvalue weighted by molar-refractivity contribution is 7.80. The summed E-state index contributed by atoms with van der Waals surface area (Å²) in [7, 11) is 0. The lowest BCUT2D eigenvalue weighted by Crippen LogP contribution is -2.81. The molecule has 0 aliphatic rings. The molecule has 6 rings (SSSR count). The fourth-order valence-corrected chi connectivity index (χ4v) is 6.71. The van der Waals surface area contributed by atoms with Gasteiger partial charge in [0.25, 0.3) is 0 Å². The minimum atomic E-state index is -7.22. The summed E-state index contributed by atoms with van der Waals surface area (Å²) < 4.78 is 300. The topological polar surface area (TPSA) is 47.2 Å². The molecule has 0 saturated heterocycles. The van der Waals surface area contributed by atoms with Crippen molar-refractivity contribution in [3.05, 3.63) is 182 Å². The highest BCUT2D eigenvalue weighted by Gasteiger charge is 2.52. The molecule has 0 amide bonds. The Labute approximate surface area is 353 Å². The second kappa shape index (κ2) is 18.9. The lowest BCUT2D eigenvalue weighted by Gasteiger charge is -2.44. The second-order valence-electron chi connectivity index (χ2n) is 12.9. The first-order chi connectivity index (χ1) is 30.4. The number of esters is 1. The number of carbonyl (C=O) groups is 2. The average molecular weight is 967 g/mol. The molecule has 6 aromatic rings. The highest BCUT2D eigenvalue weighted by Crippen LogP contribution is 2.30. The summed E-state index contributed by atoms with van der Waals surface area (Å²) in [5.41, 5.74) is -13.2. The van der Waals surface area contributed by atoms with E-state index < -0.39 is 150 Å². The molecular formula is C39H14BF20NO3S. The molecule has 0 unspecified atom stereocenters. The molecule has 1 aromatic heterocycles. The van der Waals surface area contributed by atoms with Crippen LogP contribution in [0, 0.1) is 116 Å². The normalized spacial score (nSPS) is 11.4. The van der Waals surface area contributed by atoms with E-state index in [1.165, 1.54) is 0 Å². The van der Waals surface area contributed by atoms with Gasteiger partial charge in [-0.3, -0.25) is 4.79 Å². The van der Waals surface area contributed by atoms with Crippen LogP contribution in [0.2, 0.25) is 0 Å². The Bertz CT molecular complexity index is 2520. The van der Waals surface area contributed by atoms with Gasteiger partial charge in [0, 0.05) is 17.7 Å². The SMILES string of the molecule is Fc1c(F)c(F)c([B-](c2c(F)c(F)c(F)c(F)c2F)(c2c(F)c(F)c(F)c(F)c2F)c2c(F)c(F)c(F)c(F)c2F)c(F)c1F.O=C(C[n+]1ccc(C(=O)OCS)cc1)c1ccccc1. The number of hydrogen-bond donors (Lipinski definition) is 1. The Hall–Kier alpha value is -6.60. The average Bonchev–Trinajstić information content (AvgIpc) is 3.29. The Morgan fingerprint density at radius 2 is 0.662 bits per heavy atom. The van der Waals surface area contributed by atoms with E-state index in [-0.39, 0.29) is 18.3 Å². The maximum atomic E-state index is 15.4. The largest absolute Gasteiger partial charge is 0.451 e. The Morgan fingerprint density at radius 3 is 0.923 bits per heavy atom. The van der Waals surface area contributed by atoms with Gasteiger partial charge in [-0.05, 0) is 0 Å². The zero-order valence-corrected chi connectivity index (χ0v) is 31.8. The lowest BCUT2D eigenvalue weighted by atomic mass is 9.12. The van der Waals surface area contributed by atoms with E-state index in [4.69, 9.17) is 4.74 Å². The number of Topliss-reactive ketones (excluding diaryl/α,β-unsaturated/α-hetero) is 1. The number of benzene rings is 5. The van der Waals surface area contributed by atoms with E-state index in [0.717, 1.165) is 0 Å². The van der Waals surface area contributed by atoms with Gasteiger partial charge in [-0.1, -0.05) is 30.3 Å². The maximum absolute atomic E-state index is 15.4. The smallest absolute Gasteiger partial charge is 0.339 e. The summed E-state index contributed by atoms with van der Waals surface area (Å²) in [5, 5.41) is 0. The standard InChI is InChI=1S/C24BF20.C15H13NO3S/c26-5-1(6(27)14(35)21(42)13(5)34)25(2-7(28)15(36)22(43)16(37)8(2)29,3-9(30)17(38)23(44)18(39)10(3)31)4-11(32)19(40)24(45)20(41)12(4)33;17-14(12-4-2-1-3-5-12)10-16-8-6-13(7-9-16)15(18)19-11-20/h;1-9H,10-11H2/q-1;/p+1. The van der Waals surface area contributed by atoms with Crippen LogP contribution in [0.15, 0.2) is 54.9 Å². The molecule has 0 fully saturated rings. The van der Waals surface area contributed by atoms with Crippen LogP contribution in [-0.4, -0.2) is 23.8 Å². The third-order valence-corrected chi connectivity index (χ3v) is 9.58. The third kappa shape index (κ3) is 8.22. The molecule has 0 aliphatic heterocycles. The fourth-order valence-electron chi connectivity index (χ4n) is 6.60. The van der Waals surface area contributed by atoms with Gasteiger partial charge in [0.05, 0.1) is 5.56 Å². The van der Waals surface area contributed by atoms with E-state index >= 15 is 35.1 Å². The molecule has 5 aromatic carbocycles. The fraction of sp³-hybridized carbons (Fsp3) is 0.0513. The van der Waals surface area contributed by atoms with Crippen LogP contribution < -0.4 is 26.4 Å². The summed E-state index contributed by atoms with van der Waals surface area (Å²) in [6.07, 6.45) is -3.86. The molecule has 342 valence electrons. The number of ether oxygens (including phenoxy) is 1. The van der Waals surface area contributed by atoms with Crippen molar-refractivity contribution in [3.8, 4) is 0 Å². The Morgan fingerprint density at radius 1 is 0.400 bits per heavy atom. The van der Waals surface area contributed by atoms with Crippen molar-refractivity contribution in [2.45, 2.75) is 6.54 Å². The number of ketones is 1. The number of nitrogens with zero attached hydrogens (tertiary/aromatic N) is 1. The second-order valence-corrected chi connectivity index (χ2v) is 13.2. The van der Waals surface area contributed by atoms with Crippen molar-refractivity contribution in [2.75, 3.05) is 5.94 Å². The zero-order valence-electron chi connectivity index (χ0n) is 30.9. The molecule has 4 nitrogen and oxygen atoms in total. The number of hydrogen-bond acceptors (Lipinski definition) is 4. The van der Waals surface area contributed by atoms with Crippen molar-refractivity contribution < 1.29 is 107 Å². The van der Waals surface area contributed by atoms with Crippen molar-refractivity contribution in [1.29, 1.82) is 0 Å². The first kappa shape index (κ1) is 49.4. The number of aromatic nitrogens is 1. The third-order valence-electron chi connectivity index (χ3n) is 9.45. The number of halogens is 20. The lowest BCUT2D eigenvalue weighted by molar-refractivity contribution is -0.683. The summed E-state index contributed by atoms with van der Waals surface area (Å²) in [6, 6.07) is 12.3. The van der Waals surface area contributed by atoms with Gasteiger partial charge >= 0.3 is 5.97 Å². The van der Waals surface area contributed by atoms with Gasteiger partial charge in [-0.2, -0.15) is 4.57 Å². The Balaban J connectivity index is 0.000000330. The van der Waals surface area contributed by atoms with Crippen molar-refractivity contribution in [1.82, 2.24) is 0 Å². The highest BCUT2D eigenvalue weighted by atomic mass is 32.1. The molecule has 0 radical (unpaired) electrons. The van der Waals surface area contributed by atoms with Crippen LogP contribution in [0.3, 0.4) is 0 Å². The molecule has 0 aliphatic carbocycles. The van der Waals surface area contributed by atoms with Crippen LogP contribution in [0.1, 0.15) is 20.7 Å². The van der Waals surface area contributed by atoms with Crippen LogP contribution in [0.5, 0.6) is 0 Å². The van der Waals surface area contributed by atoms with Crippen LogP contribution >= 0.6 is 12.6 Å². The molecule has 1 heterocycles. The molecule has 0 atom stereocenters. The zero-order chi connectivity index (χ0) is 48.7. The summed E-state index contributed by atoms with van der Waals surface area (Å²) in [4.78, 5) is 23.5. The van der Waals surface area contributed by atoms with E-state index in [9.17, 15) is 62.3 Å². The maximum Gasteiger partial charge on any atom is 0.339 e. The van der Waals surface area contributed by atoms with Crippen LogP contribution in [-0.2, 0) is 11.3 Å². The van der Waals surface area contributed by atoms with E-state index in [1.54, 1.807) is 41.2 Å². The number of pyridine rings is 1. The number of thiol groups is 1. The summed E-state index contributed by atoms with van der Waals surface area (Å²) >= 11 is 3.82. The predicted octanol–water partition coefficient (Wildman–Crippen LogP) is 7.75. The van der Waals surface area contributed by atoms with Gasteiger partial charge < -0.3 is 4.74 Å². The summed E-state index contributed by atoms with van der Waals surface area (Å²) in [6.45, 7) is 0.228. The van der Waals surface area contributed by atoms with E-state index in [2.05, 4.69) is 12.6 Å². The quantitative estimate of drug-likeness (QED) is 0.0186. The van der Waals surface area contributed by atoms with Crippen molar-refractivity contribution in [3.63, 3.8) is 0 Å². The van der Waals surface area contributed by atoms with Gasteiger partial charge in [-0.25, -0.2) is 92.6 Å². The monoisotopic (exact) mass is 967 g/mol. The van der Waals surface area contributed by atoms with Crippen molar-refractivity contribution in [2.24, 2.45) is 0 Å². The van der Waals surface area contributed by atoms with Gasteiger partial charge in [0.2, 0.25) is 12.3 Å². The van der Waals surface area contributed by atoms with E-state index in [0.29, 0.717) is 11.1 Å². The minimum absolute atomic E-state index is 0.0151. The van der Waals surface area contributed by atoms with Crippen LogP contribution in [0.25, 0.3) is 0 Å². The van der Waals surface area contributed by atoms with E-state index in [1.807, 2.05) is 18.2 Å². The molecule has 0 spiro atoms. The molecule has 65 heavy (non-hydrogen) atoms. The Kier molecular flexibility index (Phi) is 14.3. The predicted molar refractivity (Wildman–Crippen MR) is 186 cm³/mol. The van der Waals surface area contributed by atoms with Crippen LogP contribution in [0.4, 0.5) is 87.8 Å². The van der Waals surface area contributed by atoms with Gasteiger partial charge in [0.15, 0.2) is 82.2 Å². The number of carbonyl (C=O) groups excluding carboxylic acids is 2.